The number of carbonyl (C=O) groups is 3. The van der Waals surface area contributed by atoms with Gasteiger partial charge in [-0.05, 0) is 49.9 Å². The quantitative estimate of drug-likeness (QED) is 0.601. The van der Waals surface area contributed by atoms with Gasteiger partial charge < -0.3 is 20.7 Å². The summed E-state index contributed by atoms with van der Waals surface area (Å²) in [6.45, 7) is 8.94. The Labute approximate surface area is 177 Å². The molecular weight excluding hydrogens is 382 g/mol. The summed E-state index contributed by atoms with van der Waals surface area (Å²) < 4.78 is 5.16. The van der Waals surface area contributed by atoms with Crippen molar-refractivity contribution in [3.05, 3.63) is 59.2 Å². The number of hydrogen-bond acceptors (Lipinski definition) is 4. The van der Waals surface area contributed by atoms with Crippen molar-refractivity contribution in [2.75, 3.05) is 17.2 Å². The van der Waals surface area contributed by atoms with Crippen molar-refractivity contribution >= 4 is 29.3 Å². The summed E-state index contributed by atoms with van der Waals surface area (Å²) in [5.41, 5.74) is 4.29. The lowest BCUT2D eigenvalue weighted by molar-refractivity contribution is -0.150. The molecule has 2 aromatic rings. The number of anilines is 2. The van der Waals surface area contributed by atoms with Crippen molar-refractivity contribution in [2.24, 2.45) is 5.92 Å². The minimum Gasteiger partial charge on any atom is -0.454 e. The Bertz CT molecular complexity index is 887. The van der Waals surface area contributed by atoms with Crippen LogP contribution in [-0.2, 0) is 14.3 Å². The molecule has 0 aliphatic heterocycles. The molecule has 0 aliphatic carbocycles. The molecule has 1 atom stereocenters. The number of benzene rings is 2. The highest BCUT2D eigenvalue weighted by Gasteiger charge is 2.26. The van der Waals surface area contributed by atoms with E-state index < -0.39 is 30.6 Å². The molecule has 2 rings (SSSR count). The lowest BCUT2D eigenvalue weighted by atomic mass is 10.0. The number of para-hydroxylation sites is 1. The van der Waals surface area contributed by atoms with E-state index in [0.29, 0.717) is 11.4 Å². The van der Waals surface area contributed by atoms with E-state index in [9.17, 15) is 14.4 Å². The van der Waals surface area contributed by atoms with Gasteiger partial charge in [0.1, 0.15) is 6.04 Å². The van der Waals surface area contributed by atoms with Crippen LogP contribution in [0, 0.1) is 26.7 Å². The van der Waals surface area contributed by atoms with Crippen LogP contribution in [0.2, 0.25) is 0 Å². The average Bonchev–Trinajstić information content (AvgIpc) is 2.67. The van der Waals surface area contributed by atoms with E-state index in [1.165, 1.54) is 0 Å². The van der Waals surface area contributed by atoms with Crippen molar-refractivity contribution in [2.45, 2.75) is 40.7 Å². The van der Waals surface area contributed by atoms with Crippen molar-refractivity contribution < 1.29 is 19.1 Å². The SMILES string of the molecule is Cc1cc(C)c(NC(=O)COC(=O)[C@H](NC(=O)Nc2ccccc2)C(C)C)c(C)c1. The third-order valence-electron chi connectivity index (χ3n) is 4.53. The van der Waals surface area contributed by atoms with Crippen LogP contribution in [0.3, 0.4) is 0 Å². The number of ether oxygens (including phenoxy) is 1. The topological polar surface area (TPSA) is 96.5 Å². The summed E-state index contributed by atoms with van der Waals surface area (Å²) in [5, 5.41) is 8.05. The van der Waals surface area contributed by atoms with Crippen LogP contribution in [0.25, 0.3) is 0 Å². The molecule has 0 saturated carbocycles. The third kappa shape index (κ3) is 6.62. The van der Waals surface area contributed by atoms with Crippen LogP contribution < -0.4 is 16.0 Å². The van der Waals surface area contributed by atoms with Crippen LogP contribution >= 0.6 is 0 Å². The first-order chi connectivity index (χ1) is 14.2. The molecule has 0 saturated heterocycles. The molecule has 2 aromatic carbocycles. The lowest BCUT2D eigenvalue weighted by Gasteiger charge is -2.21. The molecule has 3 amide bonds. The van der Waals surface area contributed by atoms with E-state index in [0.717, 1.165) is 16.7 Å². The summed E-state index contributed by atoms with van der Waals surface area (Å²) in [4.78, 5) is 36.9. The third-order valence-corrected chi connectivity index (χ3v) is 4.53. The molecular formula is C23H29N3O4. The average molecular weight is 412 g/mol. The Hall–Kier alpha value is -3.35. The molecule has 0 aromatic heterocycles. The maximum atomic E-state index is 12.5. The highest BCUT2D eigenvalue weighted by atomic mass is 16.5. The van der Waals surface area contributed by atoms with Gasteiger partial charge >= 0.3 is 12.0 Å². The van der Waals surface area contributed by atoms with Gasteiger partial charge in [-0.1, -0.05) is 49.7 Å². The minimum absolute atomic E-state index is 0.219. The molecule has 0 bridgehead atoms. The number of rotatable bonds is 7. The van der Waals surface area contributed by atoms with Gasteiger partial charge in [0.05, 0.1) is 0 Å². The summed E-state index contributed by atoms with van der Waals surface area (Å²) in [5.74, 6) is -1.32. The maximum Gasteiger partial charge on any atom is 0.329 e. The summed E-state index contributed by atoms with van der Waals surface area (Å²) >= 11 is 0. The van der Waals surface area contributed by atoms with Gasteiger partial charge in [-0.3, -0.25) is 4.79 Å². The van der Waals surface area contributed by atoms with Gasteiger partial charge in [-0.15, -0.1) is 0 Å². The molecule has 7 nitrogen and oxygen atoms in total. The zero-order valence-corrected chi connectivity index (χ0v) is 18.0. The molecule has 0 aliphatic rings. The zero-order valence-electron chi connectivity index (χ0n) is 18.0. The van der Waals surface area contributed by atoms with Crippen LogP contribution in [0.4, 0.5) is 16.2 Å². The highest BCUT2D eigenvalue weighted by Crippen LogP contribution is 2.21. The van der Waals surface area contributed by atoms with Gasteiger partial charge in [0.2, 0.25) is 0 Å². The van der Waals surface area contributed by atoms with Gasteiger partial charge in [0, 0.05) is 11.4 Å². The standard InChI is InChI=1S/C23H29N3O4/c1-14(2)20(26-23(29)24-18-9-7-6-8-10-18)22(28)30-13-19(27)25-21-16(4)11-15(3)12-17(21)5/h6-12,14,20H,13H2,1-5H3,(H,25,27)(H2,24,26,29)/t20-/m1/s1. The molecule has 7 heteroatoms. The number of aryl methyl sites for hydroxylation is 3. The molecule has 0 radical (unpaired) electrons. The molecule has 30 heavy (non-hydrogen) atoms. The van der Waals surface area contributed by atoms with Crippen molar-refractivity contribution in [3.63, 3.8) is 0 Å². The Morgan fingerprint density at radius 2 is 1.53 bits per heavy atom. The number of hydrogen-bond donors (Lipinski definition) is 3. The lowest BCUT2D eigenvalue weighted by Crippen LogP contribution is -2.47. The predicted molar refractivity (Wildman–Crippen MR) is 117 cm³/mol. The zero-order chi connectivity index (χ0) is 22.3. The van der Waals surface area contributed by atoms with E-state index in [2.05, 4.69) is 16.0 Å². The summed E-state index contributed by atoms with van der Waals surface area (Å²) in [6, 6.07) is 11.4. The Morgan fingerprint density at radius 1 is 0.933 bits per heavy atom. The van der Waals surface area contributed by atoms with Crippen LogP contribution in [0.15, 0.2) is 42.5 Å². The van der Waals surface area contributed by atoms with Crippen LogP contribution in [0.1, 0.15) is 30.5 Å². The fraction of sp³-hybridized carbons (Fsp3) is 0.348. The normalized spacial score (nSPS) is 11.5. The number of carbonyl (C=O) groups excluding carboxylic acids is 3. The fourth-order valence-corrected chi connectivity index (χ4v) is 3.11. The minimum atomic E-state index is -0.885. The highest BCUT2D eigenvalue weighted by molar-refractivity contribution is 5.95. The fourth-order valence-electron chi connectivity index (χ4n) is 3.11. The van der Waals surface area contributed by atoms with E-state index in [1.807, 2.05) is 39.0 Å². The Balaban J connectivity index is 1.92. The predicted octanol–water partition coefficient (Wildman–Crippen LogP) is 3.94. The maximum absolute atomic E-state index is 12.5. The number of urea groups is 1. The largest absolute Gasteiger partial charge is 0.454 e. The monoisotopic (exact) mass is 411 g/mol. The van der Waals surface area contributed by atoms with E-state index in [4.69, 9.17) is 4.74 Å². The van der Waals surface area contributed by atoms with Crippen molar-refractivity contribution in [1.29, 1.82) is 0 Å². The number of nitrogens with one attached hydrogen (secondary N) is 3. The molecule has 0 unspecified atom stereocenters. The van der Waals surface area contributed by atoms with E-state index in [1.54, 1.807) is 38.1 Å². The van der Waals surface area contributed by atoms with E-state index in [-0.39, 0.29) is 5.92 Å². The molecule has 0 fully saturated rings. The second kappa shape index (κ2) is 10.4. The molecule has 0 spiro atoms. The van der Waals surface area contributed by atoms with Gasteiger partial charge in [-0.25, -0.2) is 9.59 Å². The number of esters is 1. The summed E-state index contributed by atoms with van der Waals surface area (Å²) in [6.07, 6.45) is 0. The van der Waals surface area contributed by atoms with Gasteiger partial charge in [-0.2, -0.15) is 0 Å². The van der Waals surface area contributed by atoms with Crippen LogP contribution in [0.5, 0.6) is 0 Å². The first kappa shape index (κ1) is 22.9. The molecule has 3 N–H and O–H groups in total. The summed E-state index contributed by atoms with van der Waals surface area (Å²) in [7, 11) is 0. The van der Waals surface area contributed by atoms with Crippen LogP contribution in [-0.4, -0.2) is 30.6 Å². The Kier molecular flexibility index (Phi) is 7.98. The van der Waals surface area contributed by atoms with Crippen molar-refractivity contribution in [3.8, 4) is 0 Å². The second-order valence-electron chi connectivity index (χ2n) is 7.62. The van der Waals surface area contributed by atoms with E-state index >= 15 is 0 Å². The first-order valence-electron chi connectivity index (χ1n) is 9.84. The van der Waals surface area contributed by atoms with Gasteiger partial charge in [0.15, 0.2) is 6.61 Å². The smallest absolute Gasteiger partial charge is 0.329 e. The second-order valence-corrected chi connectivity index (χ2v) is 7.62. The molecule has 160 valence electrons. The first-order valence-corrected chi connectivity index (χ1v) is 9.84. The van der Waals surface area contributed by atoms with Gasteiger partial charge in [0.25, 0.3) is 5.91 Å². The van der Waals surface area contributed by atoms with Crippen molar-refractivity contribution in [1.82, 2.24) is 5.32 Å². The Morgan fingerprint density at radius 3 is 2.10 bits per heavy atom. The molecule has 0 heterocycles. The number of amides is 3.